The van der Waals surface area contributed by atoms with Crippen molar-refractivity contribution in [3.63, 3.8) is 0 Å². The zero-order chi connectivity index (χ0) is 12.1. The fraction of sp³-hybridized carbons (Fsp3) is 0.143. The van der Waals surface area contributed by atoms with Crippen molar-refractivity contribution in [3.05, 3.63) is 69.7 Å². The molecule has 0 aliphatic carbocycles. The van der Waals surface area contributed by atoms with E-state index in [0.29, 0.717) is 0 Å². The van der Waals surface area contributed by atoms with E-state index in [4.69, 9.17) is 23.2 Å². The van der Waals surface area contributed by atoms with Crippen molar-refractivity contribution in [2.24, 2.45) is 0 Å². The van der Waals surface area contributed by atoms with Crippen LogP contribution in [0.2, 0.25) is 10.0 Å². The van der Waals surface area contributed by atoms with E-state index in [1.54, 1.807) is 0 Å². The molecule has 0 heterocycles. The van der Waals surface area contributed by atoms with Crippen molar-refractivity contribution in [2.75, 3.05) is 0 Å². The molecule has 0 saturated heterocycles. The maximum atomic E-state index is 5.82. The minimum absolute atomic E-state index is 0. The number of halogens is 4. The molecule has 0 unspecified atom stereocenters. The summed E-state index contributed by atoms with van der Waals surface area (Å²) < 4.78 is 0. The Balaban J connectivity index is 0. The smallest absolute Gasteiger partial charge is 1.00 e. The van der Waals surface area contributed by atoms with Gasteiger partial charge in [-0.1, -0.05) is 47.5 Å². The monoisotopic (exact) mass is 530 g/mol. The molecule has 0 bridgehead atoms. The van der Waals surface area contributed by atoms with Crippen LogP contribution in [0.15, 0.2) is 48.5 Å². The van der Waals surface area contributed by atoms with Gasteiger partial charge in [-0.15, -0.1) is 0 Å². The Labute approximate surface area is 156 Å². The van der Waals surface area contributed by atoms with Gasteiger partial charge in [-0.05, 0) is 35.4 Å². The third kappa shape index (κ3) is 7.88. The van der Waals surface area contributed by atoms with Crippen molar-refractivity contribution in [1.29, 1.82) is 0 Å². The molecule has 1 nitrogen and oxygen atoms in total. The standard InChI is InChI=1S/C14H13Cl2N.2ClH.Pt/c15-13-5-1-11(2-6-13)9-17-10-12-3-7-14(16)8-4-12;;;/h1-8,17H,9-10H2;2*1H;/q;;;+2/p-2. The summed E-state index contributed by atoms with van der Waals surface area (Å²) in [4.78, 5) is 0. The molecule has 0 amide bonds. The molecule has 1 N–H and O–H groups in total. The first-order chi connectivity index (χ1) is 8.24. The Kier molecular flexibility index (Phi) is 13.4. The van der Waals surface area contributed by atoms with Crippen LogP contribution in [0, 0.1) is 0 Å². The normalized spacial score (nSPS) is 8.90. The van der Waals surface area contributed by atoms with Gasteiger partial charge in [-0.3, -0.25) is 0 Å². The second-order valence-electron chi connectivity index (χ2n) is 3.86. The molecule has 0 atom stereocenters. The number of hydrogen-bond donors (Lipinski definition) is 1. The molecule has 20 heavy (non-hydrogen) atoms. The summed E-state index contributed by atoms with van der Waals surface area (Å²) in [6.45, 7) is 1.67. The van der Waals surface area contributed by atoms with Crippen LogP contribution < -0.4 is 30.1 Å². The number of benzene rings is 2. The molecule has 2 aromatic carbocycles. The van der Waals surface area contributed by atoms with Gasteiger partial charge in [0.15, 0.2) is 0 Å². The second-order valence-corrected chi connectivity index (χ2v) is 4.73. The number of nitrogens with one attached hydrogen (secondary N) is 1. The fourth-order valence-electron chi connectivity index (χ4n) is 1.56. The number of rotatable bonds is 4. The molecule has 0 spiro atoms. The average Bonchev–Trinajstić information content (AvgIpc) is 2.34. The quantitative estimate of drug-likeness (QED) is 0.495. The summed E-state index contributed by atoms with van der Waals surface area (Å²) in [7, 11) is 0. The van der Waals surface area contributed by atoms with Gasteiger partial charge in [-0.25, -0.2) is 0 Å². The predicted molar refractivity (Wildman–Crippen MR) is 73.4 cm³/mol. The van der Waals surface area contributed by atoms with E-state index in [1.807, 2.05) is 48.5 Å². The van der Waals surface area contributed by atoms with E-state index >= 15 is 0 Å². The summed E-state index contributed by atoms with van der Waals surface area (Å²) in [5.74, 6) is 0. The molecule has 6 heteroatoms. The van der Waals surface area contributed by atoms with Crippen molar-refractivity contribution >= 4 is 23.2 Å². The first-order valence-corrected chi connectivity index (χ1v) is 6.19. The van der Waals surface area contributed by atoms with E-state index in [2.05, 4.69) is 5.32 Å². The summed E-state index contributed by atoms with van der Waals surface area (Å²) in [5.41, 5.74) is 2.45. The maximum Gasteiger partial charge on any atom is 2.00 e. The Bertz CT molecular complexity index is 428. The van der Waals surface area contributed by atoms with Crippen molar-refractivity contribution in [3.8, 4) is 0 Å². The molecule has 2 rings (SSSR count). The minimum atomic E-state index is 0. The molecular formula is C14H13Cl4NPt. The predicted octanol–water partition coefficient (Wildman–Crippen LogP) is -1.71. The zero-order valence-electron chi connectivity index (χ0n) is 10.4. The van der Waals surface area contributed by atoms with Crippen LogP contribution in [-0.2, 0) is 34.2 Å². The van der Waals surface area contributed by atoms with Crippen molar-refractivity contribution in [1.82, 2.24) is 5.32 Å². The summed E-state index contributed by atoms with van der Waals surface area (Å²) in [5, 5.41) is 4.91. The van der Waals surface area contributed by atoms with Crippen molar-refractivity contribution in [2.45, 2.75) is 13.1 Å². The topological polar surface area (TPSA) is 12.0 Å². The Morgan fingerprint density at radius 3 is 1.25 bits per heavy atom. The molecule has 0 aromatic heterocycles. The van der Waals surface area contributed by atoms with E-state index < -0.39 is 0 Å². The van der Waals surface area contributed by atoms with E-state index in [-0.39, 0.29) is 45.9 Å². The third-order valence-corrected chi connectivity index (χ3v) is 2.99. The third-order valence-electron chi connectivity index (χ3n) is 2.48. The van der Waals surface area contributed by atoms with E-state index in [9.17, 15) is 0 Å². The summed E-state index contributed by atoms with van der Waals surface area (Å²) in [6, 6.07) is 15.7. The largest absolute Gasteiger partial charge is 2.00 e. The first kappa shape index (κ1) is 22.5. The van der Waals surface area contributed by atoms with Gasteiger partial charge in [0.05, 0.1) is 0 Å². The van der Waals surface area contributed by atoms with Gasteiger partial charge in [0.25, 0.3) is 0 Å². The van der Waals surface area contributed by atoms with Gasteiger partial charge >= 0.3 is 21.1 Å². The van der Waals surface area contributed by atoms with Gasteiger partial charge in [0, 0.05) is 23.1 Å². The van der Waals surface area contributed by atoms with Crippen LogP contribution in [0.5, 0.6) is 0 Å². The first-order valence-electron chi connectivity index (χ1n) is 5.43. The van der Waals surface area contributed by atoms with Crippen LogP contribution in [0.25, 0.3) is 0 Å². The SMILES string of the molecule is Clc1ccc(CNCc2ccc(Cl)cc2)cc1.[Cl-].[Cl-].[Pt+2]. The maximum absolute atomic E-state index is 5.82. The molecule has 0 radical (unpaired) electrons. The van der Waals surface area contributed by atoms with Gasteiger partial charge < -0.3 is 30.1 Å². The summed E-state index contributed by atoms with van der Waals surface area (Å²) >= 11 is 11.6. The summed E-state index contributed by atoms with van der Waals surface area (Å²) in [6.07, 6.45) is 0. The van der Waals surface area contributed by atoms with Gasteiger partial charge in [-0.2, -0.15) is 0 Å². The molecule has 0 fully saturated rings. The molecule has 0 aliphatic rings. The van der Waals surface area contributed by atoms with Crippen LogP contribution in [0.3, 0.4) is 0 Å². The van der Waals surface area contributed by atoms with E-state index in [0.717, 1.165) is 23.1 Å². The minimum Gasteiger partial charge on any atom is -1.00 e. The van der Waals surface area contributed by atoms with Crippen molar-refractivity contribution < 1.29 is 45.9 Å². The van der Waals surface area contributed by atoms with Crippen LogP contribution >= 0.6 is 23.2 Å². The molecular weight excluding hydrogens is 519 g/mol. The second kappa shape index (κ2) is 11.9. The average molecular weight is 532 g/mol. The van der Waals surface area contributed by atoms with Gasteiger partial charge in [0.1, 0.15) is 0 Å². The molecule has 112 valence electrons. The van der Waals surface area contributed by atoms with E-state index in [1.165, 1.54) is 11.1 Å². The zero-order valence-corrected chi connectivity index (χ0v) is 15.7. The fourth-order valence-corrected chi connectivity index (χ4v) is 1.81. The van der Waals surface area contributed by atoms with Crippen LogP contribution in [0.1, 0.15) is 11.1 Å². The van der Waals surface area contributed by atoms with Gasteiger partial charge in [0.2, 0.25) is 0 Å². The number of hydrogen-bond acceptors (Lipinski definition) is 1. The Morgan fingerprint density at radius 1 is 0.650 bits per heavy atom. The molecule has 2 aromatic rings. The van der Waals surface area contributed by atoms with Crippen LogP contribution in [0.4, 0.5) is 0 Å². The Hall–Kier alpha value is 0.248. The molecule has 0 aliphatic heterocycles. The Morgan fingerprint density at radius 2 is 0.950 bits per heavy atom. The molecule has 0 saturated carbocycles. The van der Waals surface area contributed by atoms with Crippen LogP contribution in [-0.4, -0.2) is 0 Å².